The van der Waals surface area contributed by atoms with E-state index in [2.05, 4.69) is 34.7 Å². The highest BCUT2D eigenvalue weighted by molar-refractivity contribution is 5.46. The number of likely N-dealkylation sites (tertiary alicyclic amines) is 1. The van der Waals surface area contributed by atoms with Gasteiger partial charge < -0.3 is 14.4 Å². The Hall–Kier alpha value is -1.14. The van der Waals surface area contributed by atoms with Crippen molar-refractivity contribution in [1.29, 1.82) is 0 Å². The summed E-state index contributed by atoms with van der Waals surface area (Å²) >= 11 is 0. The molecule has 2 aliphatic heterocycles. The molecule has 2 atom stereocenters. The highest BCUT2D eigenvalue weighted by atomic mass is 16.3. The number of hydrogen-bond donors (Lipinski definition) is 1. The summed E-state index contributed by atoms with van der Waals surface area (Å²) in [6.45, 7) is 9.05. The van der Waals surface area contributed by atoms with Gasteiger partial charge in [0.05, 0.1) is 12.4 Å². The van der Waals surface area contributed by atoms with Crippen molar-refractivity contribution in [3.63, 3.8) is 0 Å². The molecular weight excluding hydrogens is 278 g/mol. The zero-order valence-electron chi connectivity index (χ0n) is 13.6. The Morgan fingerprint density at radius 1 is 1.32 bits per heavy atom. The minimum atomic E-state index is -0.236. The van der Waals surface area contributed by atoms with Crippen molar-refractivity contribution in [2.75, 3.05) is 52.9 Å². The van der Waals surface area contributed by atoms with Gasteiger partial charge in [0.2, 0.25) is 0 Å². The molecule has 0 bridgehead atoms. The second-order valence-electron chi connectivity index (χ2n) is 6.67. The van der Waals surface area contributed by atoms with Crippen molar-refractivity contribution < 1.29 is 9.52 Å². The van der Waals surface area contributed by atoms with Crippen LogP contribution in [-0.2, 0) is 0 Å². The third-order valence-corrected chi connectivity index (χ3v) is 4.75. The lowest BCUT2D eigenvalue weighted by Crippen LogP contribution is -2.52. The smallest absolute Gasteiger partial charge is 0.126 e. The third-order valence-electron chi connectivity index (χ3n) is 4.75. The van der Waals surface area contributed by atoms with Crippen LogP contribution in [0.25, 0.3) is 6.08 Å². The van der Waals surface area contributed by atoms with E-state index in [4.69, 9.17) is 4.42 Å². The van der Waals surface area contributed by atoms with Gasteiger partial charge in [-0.3, -0.25) is 9.80 Å². The fourth-order valence-electron chi connectivity index (χ4n) is 3.50. The van der Waals surface area contributed by atoms with Crippen molar-refractivity contribution >= 4 is 6.08 Å². The number of aliphatic hydroxyl groups is 1. The number of furan rings is 1. The first-order chi connectivity index (χ1) is 10.6. The van der Waals surface area contributed by atoms with Crippen LogP contribution in [0.15, 0.2) is 28.4 Å². The summed E-state index contributed by atoms with van der Waals surface area (Å²) in [6, 6.07) is 4.16. The molecular formula is C17H27N3O2. The number of hydrogen-bond acceptors (Lipinski definition) is 5. The molecule has 2 saturated heterocycles. The van der Waals surface area contributed by atoms with Gasteiger partial charge >= 0.3 is 0 Å². The van der Waals surface area contributed by atoms with Crippen LogP contribution in [0.4, 0.5) is 0 Å². The zero-order valence-corrected chi connectivity index (χ0v) is 13.6. The zero-order chi connectivity index (χ0) is 15.5. The third kappa shape index (κ3) is 3.79. The lowest BCUT2D eigenvalue weighted by Gasteiger charge is -2.37. The Morgan fingerprint density at radius 3 is 2.77 bits per heavy atom. The molecule has 2 fully saturated rings. The number of nitrogens with zero attached hydrogens (tertiary/aromatic N) is 3. The van der Waals surface area contributed by atoms with E-state index in [1.165, 1.54) is 5.57 Å². The van der Waals surface area contributed by atoms with Crippen molar-refractivity contribution in [1.82, 2.24) is 14.7 Å². The molecule has 5 heteroatoms. The fourth-order valence-corrected chi connectivity index (χ4v) is 3.50. The van der Waals surface area contributed by atoms with E-state index >= 15 is 0 Å². The first-order valence-corrected chi connectivity index (χ1v) is 8.15. The number of β-amino-alcohol motifs (C(OH)–C–C–N with tert-alkyl or cyclic N) is 1. The molecule has 1 aromatic rings. The molecule has 1 aromatic heterocycles. The number of piperazine rings is 1. The monoisotopic (exact) mass is 305 g/mol. The van der Waals surface area contributed by atoms with E-state index in [9.17, 15) is 5.11 Å². The minimum Gasteiger partial charge on any atom is -0.465 e. The van der Waals surface area contributed by atoms with E-state index < -0.39 is 0 Å². The Balaban J connectivity index is 1.54. The molecule has 0 radical (unpaired) electrons. The Morgan fingerprint density at radius 2 is 2.09 bits per heavy atom. The Bertz CT molecular complexity index is 492. The van der Waals surface area contributed by atoms with E-state index in [1.807, 2.05) is 12.1 Å². The molecule has 0 saturated carbocycles. The molecule has 3 rings (SSSR count). The molecule has 5 nitrogen and oxygen atoms in total. The minimum absolute atomic E-state index is 0.236. The maximum Gasteiger partial charge on any atom is 0.126 e. The summed E-state index contributed by atoms with van der Waals surface area (Å²) in [5.74, 6) is 0.896. The van der Waals surface area contributed by atoms with E-state index in [-0.39, 0.29) is 12.1 Å². The number of aliphatic hydroxyl groups excluding tert-OH is 1. The SMILES string of the molecule is C/C(=C\c1ccco1)CN1C[C@@H](O)[C@H](N2CCN(C)CC2)C1. The summed E-state index contributed by atoms with van der Waals surface area (Å²) in [5.41, 5.74) is 1.26. The van der Waals surface area contributed by atoms with Crippen LogP contribution in [0.3, 0.4) is 0 Å². The summed E-state index contributed by atoms with van der Waals surface area (Å²) in [4.78, 5) is 7.16. The van der Waals surface area contributed by atoms with Crippen molar-refractivity contribution in [3.8, 4) is 0 Å². The average molecular weight is 305 g/mol. The van der Waals surface area contributed by atoms with Crippen LogP contribution in [-0.4, -0.2) is 84.8 Å². The van der Waals surface area contributed by atoms with Crippen LogP contribution in [0.2, 0.25) is 0 Å². The Kier molecular flexibility index (Phi) is 4.98. The van der Waals surface area contributed by atoms with Gasteiger partial charge in [-0.05, 0) is 32.2 Å². The molecule has 3 heterocycles. The summed E-state index contributed by atoms with van der Waals surface area (Å²) in [6.07, 6.45) is 3.54. The maximum absolute atomic E-state index is 10.4. The molecule has 2 aliphatic rings. The van der Waals surface area contributed by atoms with Gasteiger partial charge in [0.1, 0.15) is 5.76 Å². The van der Waals surface area contributed by atoms with Crippen molar-refractivity contribution in [2.24, 2.45) is 0 Å². The summed E-state index contributed by atoms with van der Waals surface area (Å²) < 4.78 is 5.36. The van der Waals surface area contributed by atoms with Crippen molar-refractivity contribution in [2.45, 2.75) is 19.1 Å². The van der Waals surface area contributed by atoms with Gasteiger partial charge in [-0.1, -0.05) is 5.57 Å². The first kappa shape index (κ1) is 15.7. The first-order valence-electron chi connectivity index (χ1n) is 8.15. The molecule has 0 aromatic carbocycles. The van der Waals surface area contributed by atoms with Crippen molar-refractivity contribution in [3.05, 3.63) is 29.7 Å². The van der Waals surface area contributed by atoms with E-state index in [0.29, 0.717) is 0 Å². The van der Waals surface area contributed by atoms with Gasteiger partial charge in [0.25, 0.3) is 0 Å². The number of likely N-dealkylation sites (N-methyl/N-ethyl adjacent to an activating group) is 1. The van der Waals surface area contributed by atoms with Gasteiger partial charge in [0.15, 0.2) is 0 Å². The second kappa shape index (κ2) is 6.96. The predicted molar refractivity (Wildman–Crippen MR) is 87.7 cm³/mol. The normalized spacial score (nSPS) is 29.3. The van der Waals surface area contributed by atoms with E-state index in [1.54, 1.807) is 6.26 Å². The van der Waals surface area contributed by atoms with Gasteiger partial charge in [0, 0.05) is 51.9 Å². The van der Waals surface area contributed by atoms with Crippen LogP contribution in [0, 0.1) is 0 Å². The summed E-state index contributed by atoms with van der Waals surface area (Å²) in [5, 5.41) is 10.4. The largest absolute Gasteiger partial charge is 0.465 e. The molecule has 0 spiro atoms. The van der Waals surface area contributed by atoms with Crippen LogP contribution in [0.5, 0.6) is 0 Å². The van der Waals surface area contributed by atoms with E-state index in [0.717, 1.165) is 51.6 Å². The van der Waals surface area contributed by atoms with Crippen LogP contribution in [0.1, 0.15) is 12.7 Å². The molecule has 122 valence electrons. The van der Waals surface area contributed by atoms with Crippen LogP contribution < -0.4 is 0 Å². The fraction of sp³-hybridized carbons (Fsp3) is 0.647. The molecule has 0 unspecified atom stereocenters. The summed E-state index contributed by atoms with van der Waals surface area (Å²) in [7, 11) is 2.16. The molecule has 0 amide bonds. The van der Waals surface area contributed by atoms with Gasteiger partial charge in [-0.2, -0.15) is 0 Å². The maximum atomic E-state index is 10.4. The quantitative estimate of drug-likeness (QED) is 0.898. The number of rotatable bonds is 4. The lowest BCUT2D eigenvalue weighted by atomic mass is 10.1. The van der Waals surface area contributed by atoms with Crippen LogP contribution >= 0.6 is 0 Å². The lowest BCUT2D eigenvalue weighted by molar-refractivity contribution is 0.0512. The standard InChI is InChI=1S/C17H27N3O2/c1-14(10-15-4-3-9-22-15)11-19-12-16(17(21)13-19)20-7-5-18(2)6-8-20/h3-4,9-10,16-17,21H,5-8,11-13H2,1-2H3/b14-10+/t16-,17-/m1/s1. The highest BCUT2D eigenvalue weighted by Crippen LogP contribution is 2.19. The topological polar surface area (TPSA) is 43.1 Å². The predicted octanol–water partition coefficient (Wildman–Crippen LogP) is 0.975. The highest BCUT2D eigenvalue weighted by Gasteiger charge is 2.36. The van der Waals surface area contributed by atoms with Gasteiger partial charge in [-0.15, -0.1) is 0 Å². The Labute approximate surface area is 132 Å². The molecule has 22 heavy (non-hydrogen) atoms. The average Bonchev–Trinajstić information content (AvgIpc) is 3.10. The second-order valence-corrected chi connectivity index (χ2v) is 6.67. The molecule has 1 N–H and O–H groups in total. The van der Waals surface area contributed by atoms with Gasteiger partial charge in [-0.25, -0.2) is 0 Å². The molecule has 0 aliphatic carbocycles.